The predicted octanol–water partition coefficient (Wildman–Crippen LogP) is 4.18. The van der Waals surface area contributed by atoms with E-state index < -0.39 is 58.8 Å². The lowest BCUT2D eigenvalue weighted by Crippen LogP contribution is -2.23. The Hall–Kier alpha value is -2.91. The molecule has 0 saturated carbocycles. The zero-order valence-corrected chi connectivity index (χ0v) is 17.1. The van der Waals surface area contributed by atoms with E-state index in [1.807, 2.05) is 0 Å². The van der Waals surface area contributed by atoms with Crippen molar-refractivity contribution in [2.75, 3.05) is 11.1 Å². The number of carbonyl (C=O) groups excluding carboxylic acids is 1. The number of carbonyl (C=O) groups is 1. The number of nitro benzene ring substituents is 2. The maximum absolute atomic E-state index is 12.7. The molecule has 0 saturated heterocycles. The Morgan fingerprint density at radius 3 is 2.29 bits per heavy atom. The number of nitrogens with zero attached hydrogens (tertiary/aromatic N) is 2. The minimum Gasteiger partial charge on any atom is -0.324 e. The van der Waals surface area contributed by atoms with Crippen molar-refractivity contribution in [2.45, 2.75) is 15.3 Å². The Labute approximate surface area is 180 Å². The third kappa shape index (κ3) is 5.62. The smallest absolute Gasteiger partial charge is 0.324 e. The number of rotatable bonds is 7. The van der Waals surface area contributed by atoms with E-state index in [9.17, 15) is 46.6 Å². The molecule has 0 spiro atoms. The van der Waals surface area contributed by atoms with Gasteiger partial charge in [-0.05, 0) is 24.3 Å². The van der Waals surface area contributed by atoms with E-state index in [-0.39, 0.29) is 9.92 Å². The fourth-order valence-electron chi connectivity index (χ4n) is 2.11. The summed E-state index contributed by atoms with van der Waals surface area (Å²) in [6.45, 7) is 0. The van der Waals surface area contributed by atoms with Gasteiger partial charge in [-0.25, -0.2) is 8.42 Å². The number of halogens is 4. The summed E-state index contributed by atoms with van der Waals surface area (Å²) in [6, 6.07) is 4.78. The highest BCUT2D eigenvalue weighted by molar-refractivity contribution is 8.00. The summed E-state index contributed by atoms with van der Waals surface area (Å²) in [6.07, 6.45) is 0. The number of benzene rings is 2. The lowest BCUT2D eigenvalue weighted by atomic mass is 10.3. The SMILES string of the molecule is O=C(CSc1ccc([N+](=O)[O-])cc1[N+](=O)[O-])Nc1cc(S(=O)(=O)C(F)(F)F)ccc1Cl. The molecule has 0 bridgehead atoms. The third-order valence-corrected chi connectivity index (χ3v) is 6.41. The maximum Gasteiger partial charge on any atom is 0.501 e. The summed E-state index contributed by atoms with van der Waals surface area (Å²) >= 11 is 6.41. The normalized spacial score (nSPS) is 11.7. The van der Waals surface area contributed by atoms with E-state index in [0.717, 1.165) is 18.2 Å². The van der Waals surface area contributed by atoms with Crippen LogP contribution in [0.15, 0.2) is 46.2 Å². The van der Waals surface area contributed by atoms with Gasteiger partial charge in [0.15, 0.2) is 0 Å². The second-order valence-corrected chi connectivity index (χ2v) is 8.96. The molecule has 166 valence electrons. The van der Waals surface area contributed by atoms with Crippen LogP contribution < -0.4 is 5.32 Å². The van der Waals surface area contributed by atoms with Crippen molar-refractivity contribution in [1.82, 2.24) is 0 Å². The van der Waals surface area contributed by atoms with Gasteiger partial charge >= 0.3 is 5.51 Å². The molecule has 0 aromatic heterocycles. The maximum atomic E-state index is 12.7. The van der Waals surface area contributed by atoms with Crippen molar-refractivity contribution in [1.29, 1.82) is 0 Å². The summed E-state index contributed by atoms with van der Waals surface area (Å²) in [5.74, 6) is -1.37. The van der Waals surface area contributed by atoms with Gasteiger partial charge in [-0.1, -0.05) is 11.6 Å². The first-order chi connectivity index (χ1) is 14.2. The minimum atomic E-state index is -5.68. The van der Waals surface area contributed by atoms with Crippen molar-refractivity contribution in [3.05, 3.63) is 61.6 Å². The number of sulfone groups is 1. The van der Waals surface area contributed by atoms with Gasteiger partial charge in [-0.2, -0.15) is 13.2 Å². The molecule has 0 aliphatic carbocycles. The molecule has 2 aromatic rings. The third-order valence-electron chi connectivity index (χ3n) is 3.54. The second kappa shape index (κ2) is 9.07. The molecule has 31 heavy (non-hydrogen) atoms. The number of non-ortho nitro benzene ring substituents is 1. The number of thioether (sulfide) groups is 1. The van der Waals surface area contributed by atoms with Gasteiger partial charge in [0, 0.05) is 6.07 Å². The predicted molar refractivity (Wildman–Crippen MR) is 104 cm³/mol. The first-order valence-corrected chi connectivity index (χ1v) is 10.5. The van der Waals surface area contributed by atoms with Gasteiger partial charge in [0.05, 0.1) is 42.2 Å². The largest absolute Gasteiger partial charge is 0.501 e. The van der Waals surface area contributed by atoms with Gasteiger partial charge in [0.25, 0.3) is 21.2 Å². The Kier molecular flexibility index (Phi) is 7.13. The van der Waals surface area contributed by atoms with Crippen molar-refractivity contribution >= 4 is 56.2 Å². The van der Waals surface area contributed by atoms with Crippen LogP contribution in [-0.4, -0.2) is 35.4 Å². The molecule has 10 nitrogen and oxygen atoms in total. The first-order valence-electron chi connectivity index (χ1n) is 7.70. The summed E-state index contributed by atoms with van der Waals surface area (Å²) in [7, 11) is -5.68. The van der Waals surface area contributed by atoms with Crippen molar-refractivity contribution in [3.8, 4) is 0 Å². The van der Waals surface area contributed by atoms with Crippen molar-refractivity contribution in [3.63, 3.8) is 0 Å². The highest BCUT2D eigenvalue weighted by Crippen LogP contribution is 2.35. The highest BCUT2D eigenvalue weighted by atomic mass is 35.5. The number of hydrogen-bond acceptors (Lipinski definition) is 8. The van der Waals surface area contributed by atoms with Gasteiger partial charge in [-0.3, -0.25) is 25.0 Å². The average molecular weight is 500 g/mol. The molecular weight excluding hydrogens is 491 g/mol. The molecule has 0 atom stereocenters. The summed E-state index contributed by atoms with van der Waals surface area (Å²) in [5.41, 5.74) is -7.14. The fourth-order valence-corrected chi connectivity index (χ4v) is 3.87. The molecule has 1 amide bonds. The molecule has 0 aliphatic heterocycles. The standard InChI is InChI=1S/C15H9ClF3N3O7S2/c16-10-3-2-9(31(28,29)15(17,18)19)6-11(10)20-14(23)7-30-13-4-1-8(21(24)25)5-12(13)22(26)27/h1-6H,7H2,(H,20,23). The number of amides is 1. The van der Waals surface area contributed by atoms with Crippen molar-refractivity contribution < 1.29 is 36.2 Å². The zero-order valence-electron chi connectivity index (χ0n) is 14.8. The zero-order chi connectivity index (χ0) is 23.6. The quantitative estimate of drug-likeness (QED) is 0.338. The first kappa shape index (κ1) is 24.4. The van der Waals surface area contributed by atoms with E-state index in [2.05, 4.69) is 5.32 Å². The molecule has 0 aliphatic rings. The molecule has 0 radical (unpaired) electrons. The molecule has 1 N–H and O–H groups in total. The van der Waals surface area contributed by atoms with Crippen LogP contribution in [0.2, 0.25) is 5.02 Å². The number of nitro groups is 2. The number of alkyl halides is 3. The van der Waals surface area contributed by atoms with Crippen LogP contribution in [0.25, 0.3) is 0 Å². The molecular formula is C15H9ClF3N3O7S2. The summed E-state index contributed by atoms with van der Waals surface area (Å²) in [4.78, 5) is 31.0. The fraction of sp³-hybridized carbons (Fsp3) is 0.133. The minimum absolute atomic E-state index is 0.0785. The summed E-state index contributed by atoms with van der Waals surface area (Å²) in [5, 5.41) is 23.7. The van der Waals surface area contributed by atoms with Crippen molar-refractivity contribution in [2.24, 2.45) is 0 Å². The van der Waals surface area contributed by atoms with Gasteiger partial charge in [0.1, 0.15) is 0 Å². The highest BCUT2D eigenvalue weighted by Gasteiger charge is 2.47. The second-order valence-electron chi connectivity index (χ2n) is 5.59. The Bertz CT molecular complexity index is 1170. The van der Waals surface area contributed by atoms with E-state index in [1.54, 1.807) is 0 Å². The van der Waals surface area contributed by atoms with E-state index in [0.29, 0.717) is 30.0 Å². The van der Waals surface area contributed by atoms with Gasteiger partial charge in [-0.15, -0.1) is 11.8 Å². The number of nitrogens with one attached hydrogen (secondary N) is 1. The average Bonchev–Trinajstić information content (AvgIpc) is 2.66. The number of anilines is 1. The van der Waals surface area contributed by atoms with Crippen LogP contribution in [0.3, 0.4) is 0 Å². The van der Waals surface area contributed by atoms with Crippen LogP contribution in [0.1, 0.15) is 0 Å². The van der Waals surface area contributed by atoms with Gasteiger partial charge < -0.3 is 5.32 Å². The monoisotopic (exact) mass is 499 g/mol. The lowest BCUT2D eigenvalue weighted by molar-refractivity contribution is -0.396. The molecule has 2 rings (SSSR count). The Balaban J connectivity index is 2.20. The van der Waals surface area contributed by atoms with E-state index in [4.69, 9.17) is 11.6 Å². The molecule has 0 heterocycles. The molecule has 16 heteroatoms. The van der Waals surface area contributed by atoms with Gasteiger partial charge in [0.2, 0.25) is 5.91 Å². The van der Waals surface area contributed by atoms with Crippen LogP contribution in [0.4, 0.5) is 30.2 Å². The lowest BCUT2D eigenvalue weighted by Gasteiger charge is -2.12. The Morgan fingerprint density at radius 2 is 1.74 bits per heavy atom. The molecule has 2 aromatic carbocycles. The summed E-state index contributed by atoms with van der Waals surface area (Å²) < 4.78 is 61.1. The van der Waals surface area contributed by atoms with Crippen LogP contribution in [-0.2, 0) is 14.6 Å². The topological polar surface area (TPSA) is 150 Å². The van der Waals surface area contributed by atoms with E-state index in [1.165, 1.54) is 0 Å². The molecule has 0 fully saturated rings. The Morgan fingerprint density at radius 1 is 1.10 bits per heavy atom. The van der Waals surface area contributed by atoms with Crippen LogP contribution in [0.5, 0.6) is 0 Å². The van der Waals surface area contributed by atoms with Crippen LogP contribution in [0, 0.1) is 20.2 Å². The van der Waals surface area contributed by atoms with Crippen LogP contribution >= 0.6 is 23.4 Å². The molecule has 0 unspecified atom stereocenters. The van der Waals surface area contributed by atoms with E-state index >= 15 is 0 Å². The number of hydrogen-bond donors (Lipinski definition) is 1.